The van der Waals surface area contributed by atoms with Gasteiger partial charge >= 0.3 is 0 Å². The third-order valence-corrected chi connectivity index (χ3v) is 3.49. The van der Waals surface area contributed by atoms with Crippen LogP contribution in [-0.2, 0) is 0 Å². The van der Waals surface area contributed by atoms with Gasteiger partial charge in [0.2, 0.25) is 0 Å². The van der Waals surface area contributed by atoms with Crippen LogP contribution in [0.25, 0.3) is 11.1 Å². The molecule has 0 aromatic heterocycles. The fourth-order valence-electron chi connectivity index (χ4n) is 2.35. The topological polar surface area (TPSA) is 12.0 Å². The molecule has 19 heavy (non-hydrogen) atoms. The minimum atomic E-state index is 0.590. The van der Waals surface area contributed by atoms with Crippen molar-refractivity contribution in [3.05, 3.63) is 54.6 Å². The first-order valence-electron chi connectivity index (χ1n) is 7.25. The number of hydrogen-bond acceptors (Lipinski definition) is 1. The predicted molar refractivity (Wildman–Crippen MR) is 84.5 cm³/mol. The van der Waals surface area contributed by atoms with Crippen molar-refractivity contribution in [3.8, 4) is 11.1 Å². The fourth-order valence-corrected chi connectivity index (χ4v) is 2.35. The molecule has 2 rings (SSSR count). The molecule has 0 aliphatic rings. The van der Waals surface area contributed by atoms with Gasteiger partial charge in [0, 0.05) is 11.7 Å². The van der Waals surface area contributed by atoms with E-state index in [0.29, 0.717) is 6.04 Å². The monoisotopic (exact) mass is 253 g/mol. The molecule has 0 saturated heterocycles. The van der Waals surface area contributed by atoms with Gasteiger partial charge in [-0.05, 0) is 36.1 Å². The Kier molecular flexibility index (Phi) is 5.02. The average molecular weight is 253 g/mol. The van der Waals surface area contributed by atoms with Crippen LogP contribution in [0.15, 0.2) is 54.6 Å². The minimum absolute atomic E-state index is 0.590. The molecule has 2 aromatic rings. The number of benzene rings is 2. The second-order valence-corrected chi connectivity index (χ2v) is 4.98. The SMILES string of the molecule is CCCC(CC)Nc1ccc(-c2ccccc2)cc1. The van der Waals surface area contributed by atoms with Gasteiger partial charge in [-0.15, -0.1) is 0 Å². The van der Waals surface area contributed by atoms with Crippen molar-refractivity contribution in [2.75, 3.05) is 5.32 Å². The molecule has 2 aromatic carbocycles. The quantitative estimate of drug-likeness (QED) is 0.732. The summed E-state index contributed by atoms with van der Waals surface area (Å²) in [5.74, 6) is 0. The molecule has 0 spiro atoms. The minimum Gasteiger partial charge on any atom is -0.382 e. The van der Waals surface area contributed by atoms with E-state index in [0.717, 1.165) is 0 Å². The van der Waals surface area contributed by atoms with E-state index in [1.807, 2.05) is 0 Å². The Labute approximate surface area is 116 Å². The van der Waals surface area contributed by atoms with E-state index in [2.05, 4.69) is 73.8 Å². The van der Waals surface area contributed by atoms with Crippen LogP contribution in [0.1, 0.15) is 33.1 Å². The van der Waals surface area contributed by atoms with Gasteiger partial charge in [0.1, 0.15) is 0 Å². The molecular weight excluding hydrogens is 230 g/mol. The first-order chi connectivity index (χ1) is 9.33. The summed E-state index contributed by atoms with van der Waals surface area (Å²) in [6.45, 7) is 4.48. The zero-order chi connectivity index (χ0) is 13.5. The molecule has 0 fully saturated rings. The lowest BCUT2D eigenvalue weighted by Gasteiger charge is -2.17. The lowest BCUT2D eigenvalue weighted by molar-refractivity contribution is 0.623. The number of hydrogen-bond donors (Lipinski definition) is 1. The highest BCUT2D eigenvalue weighted by Gasteiger charge is 2.04. The van der Waals surface area contributed by atoms with Gasteiger partial charge in [-0.1, -0.05) is 62.7 Å². The Morgan fingerprint density at radius 3 is 2.05 bits per heavy atom. The van der Waals surface area contributed by atoms with Crippen LogP contribution in [0, 0.1) is 0 Å². The summed E-state index contributed by atoms with van der Waals surface area (Å²) >= 11 is 0. The van der Waals surface area contributed by atoms with Crippen molar-refractivity contribution in [3.63, 3.8) is 0 Å². The number of nitrogens with one attached hydrogen (secondary N) is 1. The maximum atomic E-state index is 3.61. The van der Waals surface area contributed by atoms with Crippen LogP contribution in [0.4, 0.5) is 5.69 Å². The number of rotatable bonds is 6. The molecule has 1 unspecified atom stereocenters. The number of anilines is 1. The van der Waals surface area contributed by atoms with Gasteiger partial charge < -0.3 is 5.32 Å². The molecular formula is C18H23N. The van der Waals surface area contributed by atoms with Crippen molar-refractivity contribution in [2.24, 2.45) is 0 Å². The molecule has 0 amide bonds. The summed E-state index contributed by atoms with van der Waals surface area (Å²) in [7, 11) is 0. The van der Waals surface area contributed by atoms with E-state index in [4.69, 9.17) is 0 Å². The van der Waals surface area contributed by atoms with Gasteiger partial charge in [0.05, 0.1) is 0 Å². The van der Waals surface area contributed by atoms with E-state index < -0.39 is 0 Å². The smallest absolute Gasteiger partial charge is 0.0342 e. The maximum Gasteiger partial charge on any atom is 0.0342 e. The molecule has 0 aliphatic heterocycles. The highest BCUT2D eigenvalue weighted by Crippen LogP contribution is 2.22. The van der Waals surface area contributed by atoms with Crippen molar-refractivity contribution in [1.82, 2.24) is 0 Å². The summed E-state index contributed by atoms with van der Waals surface area (Å²) in [4.78, 5) is 0. The Hall–Kier alpha value is -1.76. The molecule has 1 nitrogen and oxygen atoms in total. The molecule has 1 N–H and O–H groups in total. The first kappa shape index (κ1) is 13.7. The lowest BCUT2D eigenvalue weighted by atomic mass is 10.0. The summed E-state index contributed by atoms with van der Waals surface area (Å²) in [5.41, 5.74) is 3.77. The Morgan fingerprint density at radius 2 is 1.47 bits per heavy atom. The highest BCUT2D eigenvalue weighted by molar-refractivity contribution is 5.65. The summed E-state index contributed by atoms with van der Waals surface area (Å²) in [6, 6.07) is 19.8. The van der Waals surface area contributed by atoms with Crippen LogP contribution in [-0.4, -0.2) is 6.04 Å². The van der Waals surface area contributed by atoms with Crippen LogP contribution in [0.2, 0.25) is 0 Å². The molecule has 100 valence electrons. The Balaban J connectivity index is 2.06. The summed E-state index contributed by atoms with van der Waals surface area (Å²) in [5, 5.41) is 3.61. The summed E-state index contributed by atoms with van der Waals surface area (Å²) in [6.07, 6.45) is 3.64. The molecule has 0 heterocycles. The standard InChI is InChI=1S/C18H23N/c1-3-8-17(4-2)19-18-13-11-16(12-14-18)15-9-6-5-7-10-15/h5-7,9-14,17,19H,3-4,8H2,1-2H3. The molecule has 1 heteroatoms. The van der Waals surface area contributed by atoms with Gasteiger partial charge in [-0.3, -0.25) is 0 Å². The van der Waals surface area contributed by atoms with Crippen molar-refractivity contribution in [1.29, 1.82) is 0 Å². The summed E-state index contributed by atoms with van der Waals surface area (Å²) < 4.78 is 0. The predicted octanol–water partition coefficient (Wildman–Crippen LogP) is 5.34. The van der Waals surface area contributed by atoms with Gasteiger partial charge in [-0.25, -0.2) is 0 Å². The van der Waals surface area contributed by atoms with E-state index in [-0.39, 0.29) is 0 Å². The second-order valence-electron chi connectivity index (χ2n) is 4.98. The zero-order valence-electron chi connectivity index (χ0n) is 11.9. The van der Waals surface area contributed by atoms with Crippen molar-refractivity contribution < 1.29 is 0 Å². The first-order valence-corrected chi connectivity index (χ1v) is 7.25. The normalized spacial score (nSPS) is 12.1. The second kappa shape index (κ2) is 6.98. The van der Waals surface area contributed by atoms with Crippen molar-refractivity contribution >= 4 is 5.69 Å². The van der Waals surface area contributed by atoms with Gasteiger partial charge in [0.15, 0.2) is 0 Å². The molecule has 1 atom stereocenters. The largest absolute Gasteiger partial charge is 0.382 e. The molecule has 0 saturated carbocycles. The van der Waals surface area contributed by atoms with E-state index in [9.17, 15) is 0 Å². The molecule has 0 radical (unpaired) electrons. The van der Waals surface area contributed by atoms with E-state index in [1.165, 1.54) is 36.1 Å². The van der Waals surface area contributed by atoms with Gasteiger partial charge in [0.25, 0.3) is 0 Å². The highest BCUT2D eigenvalue weighted by atomic mass is 14.9. The van der Waals surface area contributed by atoms with Crippen LogP contribution in [0.3, 0.4) is 0 Å². The molecule has 0 aliphatic carbocycles. The van der Waals surface area contributed by atoms with E-state index in [1.54, 1.807) is 0 Å². The third-order valence-electron chi connectivity index (χ3n) is 3.49. The van der Waals surface area contributed by atoms with Crippen molar-refractivity contribution in [2.45, 2.75) is 39.2 Å². The Morgan fingerprint density at radius 1 is 0.842 bits per heavy atom. The maximum absolute atomic E-state index is 3.61. The van der Waals surface area contributed by atoms with Crippen LogP contribution >= 0.6 is 0 Å². The third kappa shape index (κ3) is 3.85. The van der Waals surface area contributed by atoms with Crippen LogP contribution < -0.4 is 5.32 Å². The van der Waals surface area contributed by atoms with E-state index >= 15 is 0 Å². The Bertz CT molecular complexity index is 473. The fraction of sp³-hybridized carbons (Fsp3) is 0.333. The zero-order valence-corrected chi connectivity index (χ0v) is 11.9. The lowest BCUT2D eigenvalue weighted by Crippen LogP contribution is -2.17. The average Bonchev–Trinajstić information content (AvgIpc) is 2.48. The van der Waals surface area contributed by atoms with Gasteiger partial charge in [-0.2, -0.15) is 0 Å². The molecule has 0 bridgehead atoms. The van der Waals surface area contributed by atoms with Crippen LogP contribution in [0.5, 0.6) is 0 Å².